The molecule has 0 spiro atoms. The average Bonchev–Trinajstić information content (AvgIpc) is 2.78. The lowest BCUT2D eigenvalue weighted by Crippen LogP contribution is -2.45. The van der Waals surface area contributed by atoms with E-state index in [1.807, 2.05) is 50.2 Å². The van der Waals surface area contributed by atoms with Gasteiger partial charge in [-0.15, -0.1) is 0 Å². The predicted octanol–water partition coefficient (Wildman–Crippen LogP) is 0.518. The molecule has 1 aromatic rings. The molecule has 1 amide bonds. The van der Waals surface area contributed by atoms with Crippen molar-refractivity contribution in [3.63, 3.8) is 0 Å². The van der Waals surface area contributed by atoms with Crippen LogP contribution < -0.4 is 5.73 Å². The van der Waals surface area contributed by atoms with E-state index in [1.165, 1.54) is 0 Å². The summed E-state index contributed by atoms with van der Waals surface area (Å²) in [6, 6.07) is 7.06. The number of aliphatic hydroxyl groups excluding tert-OH is 1. The Hall–Kier alpha value is -1.43. The van der Waals surface area contributed by atoms with Crippen molar-refractivity contribution in [2.45, 2.75) is 31.5 Å². The van der Waals surface area contributed by atoms with Crippen LogP contribution >= 0.6 is 0 Å². The van der Waals surface area contributed by atoms with Gasteiger partial charge in [-0.05, 0) is 33.0 Å². The highest BCUT2D eigenvalue weighted by molar-refractivity contribution is 5.83. The zero-order valence-electron chi connectivity index (χ0n) is 13.0. The number of carbonyl (C=O) groups is 1. The molecule has 5 nitrogen and oxygen atoms in total. The van der Waals surface area contributed by atoms with Gasteiger partial charge in [0.1, 0.15) is 6.04 Å². The lowest BCUT2D eigenvalue weighted by atomic mass is 10.0. The van der Waals surface area contributed by atoms with Crippen molar-refractivity contribution in [2.24, 2.45) is 5.73 Å². The number of aryl methyl sites for hydroxylation is 1. The standard InChI is InChI=1S/C16H25N3O2/c1-11-4-6-12(7-5-11)15(17)16(21)19-10-14(20)8-13(19)9-18(2)3/h4-7,13-15,20H,8-10,17H2,1-3H3. The number of rotatable bonds is 4. The smallest absolute Gasteiger partial charge is 0.244 e. The molecule has 2 rings (SSSR count). The molecule has 1 saturated heterocycles. The van der Waals surface area contributed by atoms with Crippen LogP contribution in [0.4, 0.5) is 0 Å². The van der Waals surface area contributed by atoms with Gasteiger partial charge in [-0.3, -0.25) is 4.79 Å². The molecular weight excluding hydrogens is 266 g/mol. The van der Waals surface area contributed by atoms with Gasteiger partial charge in [0.2, 0.25) is 5.91 Å². The second kappa shape index (κ2) is 6.56. The minimum absolute atomic E-state index is 0.0269. The second-order valence-corrected chi connectivity index (χ2v) is 6.18. The highest BCUT2D eigenvalue weighted by Gasteiger charge is 2.36. The summed E-state index contributed by atoms with van der Waals surface area (Å²) in [7, 11) is 3.93. The first-order chi connectivity index (χ1) is 9.88. The molecule has 0 aliphatic carbocycles. The molecule has 0 radical (unpaired) electrons. The first-order valence-corrected chi connectivity index (χ1v) is 7.34. The number of hydrogen-bond donors (Lipinski definition) is 2. The lowest BCUT2D eigenvalue weighted by Gasteiger charge is -2.29. The molecule has 3 unspecified atom stereocenters. The summed E-state index contributed by atoms with van der Waals surface area (Å²) >= 11 is 0. The number of hydrogen-bond acceptors (Lipinski definition) is 4. The number of carbonyl (C=O) groups excluding carboxylic acids is 1. The Kier molecular flexibility index (Phi) is 4.98. The highest BCUT2D eigenvalue weighted by Crippen LogP contribution is 2.23. The number of nitrogens with two attached hydrogens (primary N) is 1. The average molecular weight is 291 g/mol. The van der Waals surface area contributed by atoms with Gasteiger partial charge < -0.3 is 20.6 Å². The largest absolute Gasteiger partial charge is 0.391 e. The fraction of sp³-hybridized carbons (Fsp3) is 0.562. The summed E-state index contributed by atoms with van der Waals surface area (Å²) in [5.74, 6) is -0.109. The second-order valence-electron chi connectivity index (χ2n) is 6.18. The molecule has 116 valence electrons. The van der Waals surface area contributed by atoms with Crippen molar-refractivity contribution >= 4 is 5.91 Å². The van der Waals surface area contributed by atoms with Crippen LogP contribution in [0, 0.1) is 6.92 Å². The Morgan fingerprint density at radius 1 is 1.43 bits per heavy atom. The molecule has 3 N–H and O–H groups in total. The van der Waals surface area contributed by atoms with E-state index >= 15 is 0 Å². The first kappa shape index (κ1) is 15.9. The monoisotopic (exact) mass is 291 g/mol. The van der Waals surface area contributed by atoms with Gasteiger partial charge >= 0.3 is 0 Å². The third-order valence-electron chi connectivity index (χ3n) is 3.95. The minimum atomic E-state index is -0.666. The predicted molar refractivity (Wildman–Crippen MR) is 82.8 cm³/mol. The molecule has 1 aliphatic heterocycles. The molecule has 0 aromatic heterocycles. The van der Waals surface area contributed by atoms with E-state index in [2.05, 4.69) is 0 Å². The van der Waals surface area contributed by atoms with Crippen LogP contribution in [0.5, 0.6) is 0 Å². The molecule has 1 aromatic carbocycles. The highest BCUT2D eigenvalue weighted by atomic mass is 16.3. The maximum atomic E-state index is 12.6. The normalized spacial score (nSPS) is 23.6. The maximum absolute atomic E-state index is 12.6. The van der Waals surface area contributed by atoms with Crippen molar-refractivity contribution in [3.05, 3.63) is 35.4 Å². The van der Waals surface area contributed by atoms with Crippen LogP contribution in [-0.2, 0) is 4.79 Å². The van der Waals surface area contributed by atoms with Crippen LogP contribution in [0.15, 0.2) is 24.3 Å². The third kappa shape index (κ3) is 3.81. The molecule has 1 aliphatic rings. The summed E-state index contributed by atoms with van der Waals surface area (Å²) in [5.41, 5.74) is 8.08. The van der Waals surface area contributed by atoms with Crippen LogP contribution in [0.3, 0.4) is 0 Å². The van der Waals surface area contributed by atoms with Gasteiger partial charge in [0.05, 0.1) is 6.10 Å². The van der Waals surface area contributed by atoms with Crippen molar-refractivity contribution in [2.75, 3.05) is 27.2 Å². The molecule has 5 heteroatoms. The zero-order chi connectivity index (χ0) is 15.6. The van der Waals surface area contributed by atoms with Crippen molar-refractivity contribution in [1.29, 1.82) is 0 Å². The Labute approximate surface area is 126 Å². The first-order valence-electron chi connectivity index (χ1n) is 7.34. The molecule has 21 heavy (non-hydrogen) atoms. The van der Waals surface area contributed by atoms with E-state index in [9.17, 15) is 9.90 Å². The Balaban J connectivity index is 2.11. The molecule has 3 atom stereocenters. The fourth-order valence-electron chi connectivity index (χ4n) is 2.85. The van der Waals surface area contributed by atoms with Crippen molar-refractivity contribution in [3.8, 4) is 0 Å². The van der Waals surface area contributed by atoms with E-state index in [0.29, 0.717) is 13.0 Å². The molecule has 1 heterocycles. The van der Waals surface area contributed by atoms with E-state index in [-0.39, 0.29) is 11.9 Å². The summed E-state index contributed by atoms with van der Waals surface area (Å²) in [5, 5.41) is 9.87. The summed E-state index contributed by atoms with van der Waals surface area (Å²) in [4.78, 5) is 16.4. The van der Waals surface area contributed by atoms with Crippen LogP contribution in [-0.4, -0.2) is 60.1 Å². The van der Waals surface area contributed by atoms with Gasteiger partial charge in [0, 0.05) is 19.1 Å². The van der Waals surface area contributed by atoms with E-state index in [1.54, 1.807) is 4.90 Å². The molecule has 0 saturated carbocycles. The topological polar surface area (TPSA) is 69.8 Å². The van der Waals surface area contributed by atoms with Crippen LogP contribution in [0.2, 0.25) is 0 Å². The number of aliphatic hydroxyl groups is 1. The number of β-amino-alcohol motifs (C(OH)–C–C–N with tert-alkyl or cyclic N) is 1. The fourth-order valence-corrected chi connectivity index (χ4v) is 2.85. The third-order valence-corrected chi connectivity index (χ3v) is 3.95. The van der Waals surface area contributed by atoms with Crippen molar-refractivity contribution in [1.82, 2.24) is 9.80 Å². The number of benzene rings is 1. The van der Waals surface area contributed by atoms with E-state index in [4.69, 9.17) is 5.73 Å². The zero-order valence-corrected chi connectivity index (χ0v) is 13.0. The number of likely N-dealkylation sites (tertiary alicyclic amines) is 1. The van der Waals surface area contributed by atoms with Gasteiger partial charge in [0.15, 0.2) is 0 Å². The SMILES string of the molecule is Cc1ccc(C(N)C(=O)N2CC(O)CC2CN(C)C)cc1. The number of likely N-dealkylation sites (N-methyl/N-ethyl adjacent to an activating group) is 1. The van der Waals surface area contributed by atoms with E-state index in [0.717, 1.165) is 17.7 Å². The van der Waals surface area contributed by atoms with Crippen LogP contribution in [0.1, 0.15) is 23.6 Å². The number of amides is 1. The van der Waals surface area contributed by atoms with Crippen LogP contribution in [0.25, 0.3) is 0 Å². The van der Waals surface area contributed by atoms with Crippen molar-refractivity contribution < 1.29 is 9.90 Å². The maximum Gasteiger partial charge on any atom is 0.244 e. The quantitative estimate of drug-likeness (QED) is 0.848. The van der Waals surface area contributed by atoms with Gasteiger partial charge in [-0.2, -0.15) is 0 Å². The summed E-state index contributed by atoms with van der Waals surface area (Å²) in [6.45, 7) is 3.11. The summed E-state index contributed by atoms with van der Waals surface area (Å²) in [6.07, 6.45) is 0.161. The molecule has 0 bridgehead atoms. The Morgan fingerprint density at radius 3 is 2.62 bits per heavy atom. The minimum Gasteiger partial charge on any atom is -0.391 e. The summed E-state index contributed by atoms with van der Waals surface area (Å²) < 4.78 is 0. The van der Waals surface area contributed by atoms with Gasteiger partial charge in [0.25, 0.3) is 0 Å². The Bertz CT molecular complexity index is 487. The van der Waals surface area contributed by atoms with E-state index < -0.39 is 12.1 Å². The van der Waals surface area contributed by atoms with Gasteiger partial charge in [-0.1, -0.05) is 29.8 Å². The number of nitrogens with zero attached hydrogens (tertiary/aromatic N) is 2. The van der Waals surface area contributed by atoms with Gasteiger partial charge in [-0.25, -0.2) is 0 Å². The Morgan fingerprint density at radius 2 is 2.05 bits per heavy atom. The lowest BCUT2D eigenvalue weighted by molar-refractivity contribution is -0.134. The molecular formula is C16H25N3O2. The molecule has 1 fully saturated rings.